The molecule has 130 valence electrons. The van der Waals surface area contributed by atoms with Gasteiger partial charge in [0.1, 0.15) is 0 Å². The Labute approximate surface area is 139 Å². The van der Waals surface area contributed by atoms with Crippen LogP contribution >= 0.6 is 0 Å². The maximum absolute atomic E-state index is 12.1. The molecule has 0 aromatic heterocycles. The molecule has 1 amide bonds. The van der Waals surface area contributed by atoms with Crippen LogP contribution in [0.3, 0.4) is 0 Å². The van der Waals surface area contributed by atoms with Crippen LogP contribution in [0.1, 0.15) is 39.0 Å². The largest absolute Gasteiger partial charge is 0.382 e. The molecule has 6 nitrogen and oxygen atoms in total. The highest BCUT2D eigenvalue weighted by Crippen LogP contribution is 2.23. The van der Waals surface area contributed by atoms with Crippen molar-refractivity contribution in [2.24, 2.45) is 11.1 Å². The van der Waals surface area contributed by atoms with Crippen molar-refractivity contribution in [2.45, 2.75) is 51.2 Å². The Balaban J connectivity index is 1.34. The average molecular weight is 322 g/mol. The number of likely N-dealkylation sites (tertiary alicyclic amines) is 2. The molecule has 0 spiro atoms. The number of oxime groups is 1. The van der Waals surface area contributed by atoms with Gasteiger partial charge in [-0.05, 0) is 71.8 Å². The molecule has 0 aliphatic carbocycles. The minimum absolute atomic E-state index is 0.0108. The van der Waals surface area contributed by atoms with Crippen LogP contribution in [0, 0.1) is 5.92 Å². The fourth-order valence-corrected chi connectivity index (χ4v) is 3.88. The van der Waals surface area contributed by atoms with E-state index >= 15 is 0 Å². The number of rotatable bonds is 4. The number of carbonyl (C=O) groups is 1. The number of hydrogen-bond acceptors (Lipinski definition) is 5. The lowest BCUT2D eigenvalue weighted by molar-refractivity contribution is -0.131. The van der Waals surface area contributed by atoms with Crippen molar-refractivity contribution < 1.29 is 9.63 Å². The van der Waals surface area contributed by atoms with Crippen LogP contribution in [0.2, 0.25) is 0 Å². The molecule has 0 saturated carbocycles. The zero-order valence-corrected chi connectivity index (χ0v) is 14.5. The number of piperidine rings is 2. The molecule has 3 rings (SSSR count). The highest BCUT2D eigenvalue weighted by atomic mass is 16.6. The molecule has 3 heterocycles. The van der Waals surface area contributed by atoms with Gasteiger partial charge in [0.05, 0.1) is 5.71 Å². The first kappa shape index (κ1) is 16.7. The van der Waals surface area contributed by atoms with E-state index in [1.54, 1.807) is 0 Å². The molecule has 1 N–H and O–H groups in total. The topological polar surface area (TPSA) is 57.2 Å². The van der Waals surface area contributed by atoms with Gasteiger partial charge >= 0.3 is 0 Å². The molecule has 0 aromatic carbocycles. The SMILES string of the molecule is CC1=NO[C@@H](C(=O)NCC2CCN(C3CCN(C)CC3)CC2)C1. The van der Waals surface area contributed by atoms with E-state index in [2.05, 4.69) is 27.3 Å². The van der Waals surface area contributed by atoms with Crippen molar-refractivity contribution in [2.75, 3.05) is 39.8 Å². The minimum Gasteiger partial charge on any atom is -0.382 e. The molecule has 0 bridgehead atoms. The van der Waals surface area contributed by atoms with Crippen LogP contribution < -0.4 is 5.32 Å². The minimum atomic E-state index is -0.408. The van der Waals surface area contributed by atoms with Crippen molar-refractivity contribution in [3.8, 4) is 0 Å². The second kappa shape index (κ2) is 7.62. The van der Waals surface area contributed by atoms with E-state index in [1.807, 2.05) is 6.92 Å². The summed E-state index contributed by atoms with van der Waals surface area (Å²) >= 11 is 0. The number of carbonyl (C=O) groups excluding carboxylic acids is 1. The summed E-state index contributed by atoms with van der Waals surface area (Å²) in [6, 6.07) is 0.772. The maximum Gasteiger partial charge on any atom is 0.264 e. The van der Waals surface area contributed by atoms with Gasteiger partial charge in [0.15, 0.2) is 0 Å². The molecule has 6 heteroatoms. The van der Waals surface area contributed by atoms with Crippen molar-refractivity contribution in [1.82, 2.24) is 15.1 Å². The van der Waals surface area contributed by atoms with Crippen molar-refractivity contribution in [3.05, 3.63) is 0 Å². The molecular formula is C17H30N4O2. The van der Waals surface area contributed by atoms with E-state index in [4.69, 9.17) is 4.84 Å². The number of hydrogen-bond donors (Lipinski definition) is 1. The molecule has 1 atom stereocenters. The zero-order chi connectivity index (χ0) is 16.2. The van der Waals surface area contributed by atoms with Gasteiger partial charge in [-0.1, -0.05) is 5.16 Å². The number of nitrogens with one attached hydrogen (secondary N) is 1. The summed E-state index contributed by atoms with van der Waals surface area (Å²) in [5, 5.41) is 6.90. The van der Waals surface area contributed by atoms with Gasteiger partial charge in [-0.3, -0.25) is 4.79 Å². The second-order valence-electron chi connectivity index (χ2n) is 7.38. The summed E-state index contributed by atoms with van der Waals surface area (Å²) in [4.78, 5) is 22.3. The Morgan fingerprint density at radius 1 is 1.22 bits per heavy atom. The molecule has 0 aromatic rings. The summed E-state index contributed by atoms with van der Waals surface area (Å²) in [6.07, 6.45) is 5.20. The first-order valence-corrected chi connectivity index (χ1v) is 9.01. The van der Waals surface area contributed by atoms with E-state index in [-0.39, 0.29) is 5.91 Å². The summed E-state index contributed by atoms with van der Waals surface area (Å²) in [5.41, 5.74) is 0.900. The van der Waals surface area contributed by atoms with Gasteiger partial charge in [-0.2, -0.15) is 0 Å². The Morgan fingerprint density at radius 2 is 1.91 bits per heavy atom. The van der Waals surface area contributed by atoms with Crippen molar-refractivity contribution in [1.29, 1.82) is 0 Å². The third kappa shape index (κ3) is 4.44. The Morgan fingerprint density at radius 3 is 2.52 bits per heavy atom. The van der Waals surface area contributed by atoms with Gasteiger partial charge in [-0.25, -0.2) is 0 Å². The third-order valence-corrected chi connectivity index (χ3v) is 5.53. The first-order valence-electron chi connectivity index (χ1n) is 9.01. The summed E-state index contributed by atoms with van der Waals surface area (Å²) < 4.78 is 0. The smallest absolute Gasteiger partial charge is 0.264 e. The van der Waals surface area contributed by atoms with Crippen LogP contribution in [-0.4, -0.2) is 73.3 Å². The number of amides is 1. The van der Waals surface area contributed by atoms with E-state index in [1.165, 1.54) is 51.9 Å². The number of nitrogens with zero attached hydrogens (tertiary/aromatic N) is 3. The molecule has 2 saturated heterocycles. The quantitative estimate of drug-likeness (QED) is 0.841. The summed E-state index contributed by atoms with van der Waals surface area (Å²) in [6.45, 7) is 7.48. The lowest BCUT2D eigenvalue weighted by atomic mass is 9.93. The second-order valence-corrected chi connectivity index (χ2v) is 7.38. The lowest BCUT2D eigenvalue weighted by Gasteiger charge is -2.41. The Bertz CT molecular complexity index is 438. The molecule has 0 radical (unpaired) electrons. The van der Waals surface area contributed by atoms with Crippen LogP contribution in [0.5, 0.6) is 0 Å². The predicted molar refractivity (Wildman–Crippen MR) is 90.4 cm³/mol. The standard InChI is InChI=1S/C17H30N4O2/c1-13-11-16(23-19-13)17(22)18-12-14-3-9-21(10-4-14)15-5-7-20(2)8-6-15/h14-16H,3-12H2,1-2H3,(H,18,22)/t16-/m1/s1. The van der Waals surface area contributed by atoms with Gasteiger partial charge in [0, 0.05) is 19.0 Å². The van der Waals surface area contributed by atoms with E-state index in [9.17, 15) is 4.79 Å². The zero-order valence-electron chi connectivity index (χ0n) is 14.5. The lowest BCUT2D eigenvalue weighted by Crippen LogP contribution is -2.48. The molecular weight excluding hydrogens is 292 g/mol. The normalized spacial score (nSPS) is 28.4. The Hall–Kier alpha value is -1.14. The third-order valence-electron chi connectivity index (χ3n) is 5.53. The fourth-order valence-electron chi connectivity index (χ4n) is 3.88. The average Bonchev–Trinajstić information content (AvgIpc) is 3.00. The predicted octanol–water partition coefficient (Wildman–Crippen LogP) is 1.07. The van der Waals surface area contributed by atoms with Gasteiger partial charge in [0.25, 0.3) is 5.91 Å². The summed E-state index contributed by atoms with van der Waals surface area (Å²) in [7, 11) is 2.21. The molecule has 0 unspecified atom stereocenters. The highest BCUT2D eigenvalue weighted by molar-refractivity contribution is 5.91. The van der Waals surface area contributed by atoms with E-state index in [0.29, 0.717) is 12.3 Å². The molecule has 23 heavy (non-hydrogen) atoms. The maximum atomic E-state index is 12.1. The first-order chi connectivity index (χ1) is 11.1. The van der Waals surface area contributed by atoms with Crippen LogP contribution in [-0.2, 0) is 9.63 Å². The van der Waals surface area contributed by atoms with Crippen LogP contribution in [0.25, 0.3) is 0 Å². The van der Waals surface area contributed by atoms with Crippen molar-refractivity contribution in [3.63, 3.8) is 0 Å². The van der Waals surface area contributed by atoms with Gasteiger partial charge in [-0.15, -0.1) is 0 Å². The van der Waals surface area contributed by atoms with E-state index in [0.717, 1.165) is 18.3 Å². The van der Waals surface area contributed by atoms with Gasteiger partial charge in [0.2, 0.25) is 6.10 Å². The highest BCUT2D eigenvalue weighted by Gasteiger charge is 2.29. The van der Waals surface area contributed by atoms with Crippen molar-refractivity contribution >= 4 is 11.6 Å². The molecule has 3 aliphatic heterocycles. The molecule has 2 fully saturated rings. The van der Waals surface area contributed by atoms with E-state index < -0.39 is 6.10 Å². The van der Waals surface area contributed by atoms with Crippen LogP contribution in [0.15, 0.2) is 5.16 Å². The molecule has 3 aliphatic rings. The van der Waals surface area contributed by atoms with Gasteiger partial charge < -0.3 is 20.0 Å². The Kier molecular flexibility index (Phi) is 5.54. The fraction of sp³-hybridized carbons (Fsp3) is 0.882. The van der Waals surface area contributed by atoms with Crippen LogP contribution in [0.4, 0.5) is 0 Å². The summed E-state index contributed by atoms with van der Waals surface area (Å²) in [5.74, 6) is 0.591. The monoisotopic (exact) mass is 322 g/mol.